The summed E-state index contributed by atoms with van der Waals surface area (Å²) in [7, 11) is 1.65. The monoisotopic (exact) mass is 490 g/mol. The van der Waals surface area contributed by atoms with Gasteiger partial charge >= 0.3 is 0 Å². The van der Waals surface area contributed by atoms with Gasteiger partial charge in [0.15, 0.2) is 0 Å². The molecule has 0 saturated carbocycles. The molecule has 1 amide bonds. The van der Waals surface area contributed by atoms with Gasteiger partial charge in [-0.3, -0.25) is 9.69 Å². The quantitative estimate of drug-likeness (QED) is 0.364. The molecule has 3 atom stereocenters. The van der Waals surface area contributed by atoms with E-state index >= 15 is 0 Å². The normalized spacial score (nSPS) is 17.5. The summed E-state index contributed by atoms with van der Waals surface area (Å²) in [5, 5.41) is 3.66. The van der Waals surface area contributed by atoms with Crippen LogP contribution in [0.4, 0.5) is 5.69 Å². The van der Waals surface area contributed by atoms with Crippen LogP contribution >= 0.6 is 24.0 Å². The van der Waals surface area contributed by atoms with Crippen LogP contribution in [0.15, 0.2) is 84.9 Å². The number of anilines is 1. The zero-order valence-electron chi connectivity index (χ0n) is 19.7. The number of benzene rings is 3. The first-order valence-electron chi connectivity index (χ1n) is 11.5. The van der Waals surface area contributed by atoms with Crippen LogP contribution in [0.2, 0.25) is 0 Å². The number of rotatable bonds is 8. The van der Waals surface area contributed by atoms with Crippen molar-refractivity contribution in [3.8, 4) is 5.75 Å². The van der Waals surface area contributed by atoms with Crippen LogP contribution in [-0.2, 0) is 4.79 Å². The van der Waals surface area contributed by atoms with Crippen LogP contribution in [0.25, 0.3) is 0 Å². The molecule has 0 spiro atoms. The highest BCUT2D eigenvalue weighted by Crippen LogP contribution is 2.39. The van der Waals surface area contributed by atoms with Crippen molar-refractivity contribution >= 4 is 39.9 Å². The summed E-state index contributed by atoms with van der Waals surface area (Å²) in [4.78, 5) is 16.2. The number of amides is 1. The standard InChI is InChI=1S/C28H30N2O2S2/c1-19(2)24-18-34-28(33)30(24)27(31)25(20-10-6-4-7-11-20)26(21-12-8-5-9-13-21)29-22-14-16-23(32-3)17-15-22/h4-17,19,24-26,29H,18H2,1-3H3/t24-,25-,26-/m1/s1. The van der Waals surface area contributed by atoms with Gasteiger partial charge in [0.25, 0.3) is 0 Å². The molecule has 0 unspecified atom stereocenters. The summed E-state index contributed by atoms with van der Waals surface area (Å²) in [5.41, 5.74) is 2.92. The highest BCUT2D eigenvalue weighted by Gasteiger charge is 2.42. The van der Waals surface area contributed by atoms with Crippen LogP contribution < -0.4 is 10.1 Å². The lowest BCUT2D eigenvalue weighted by atomic mass is 9.85. The first kappa shape index (κ1) is 24.3. The molecule has 1 aliphatic heterocycles. The number of carbonyl (C=O) groups is 1. The van der Waals surface area contributed by atoms with Gasteiger partial charge < -0.3 is 10.1 Å². The predicted octanol–water partition coefficient (Wildman–Crippen LogP) is 6.52. The smallest absolute Gasteiger partial charge is 0.238 e. The minimum atomic E-state index is -0.455. The molecule has 1 heterocycles. The number of hydrogen-bond acceptors (Lipinski definition) is 5. The van der Waals surface area contributed by atoms with E-state index in [1.807, 2.05) is 77.7 Å². The zero-order chi connectivity index (χ0) is 24.1. The first-order valence-corrected chi connectivity index (χ1v) is 12.9. The number of hydrogen-bond donors (Lipinski definition) is 1. The summed E-state index contributed by atoms with van der Waals surface area (Å²) < 4.78 is 5.99. The van der Waals surface area contributed by atoms with E-state index in [9.17, 15) is 4.79 Å². The molecule has 4 nitrogen and oxygen atoms in total. The van der Waals surface area contributed by atoms with E-state index in [-0.39, 0.29) is 18.0 Å². The third kappa shape index (κ3) is 5.29. The molecule has 0 radical (unpaired) electrons. The Morgan fingerprint density at radius 2 is 1.56 bits per heavy atom. The molecule has 34 heavy (non-hydrogen) atoms. The van der Waals surface area contributed by atoms with Gasteiger partial charge in [0.2, 0.25) is 5.91 Å². The summed E-state index contributed by atoms with van der Waals surface area (Å²) in [6.45, 7) is 4.31. The topological polar surface area (TPSA) is 41.6 Å². The Morgan fingerprint density at radius 3 is 2.12 bits per heavy atom. The van der Waals surface area contributed by atoms with Crippen LogP contribution in [0.3, 0.4) is 0 Å². The average Bonchev–Trinajstić information content (AvgIpc) is 3.27. The molecule has 176 valence electrons. The number of nitrogens with zero attached hydrogens (tertiary/aromatic N) is 1. The molecular weight excluding hydrogens is 460 g/mol. The largest absolute Gasteiger partial charge is 0.497 e. The van der Waals surface area contributed by atoms with E-state index in [2.05, 4.69) is 31.3 Å². The molecule has 0 bridgehead atoms. The Hall–Kier alpha value is -2.83. The second kappa shape index (κ2) is 11.1. The Kier molecular flexibility index (Phi) is 7.91. The molecule has 1 N–H and O–H groups in total. The minimum Gasteiger partial charge on any atom is -0.497 e. The van der Waals surface area contributed by atoms with Gasteiger partial charge in [0, 0.05) is 17.5 Å². The predicted molar refractivity (Wildman–Crippen MR) is 146 cm³/mol. The number of thioether (sulfide) groups is 1. The fourth-order valence-corrected chi connectivity index (χ4v) is 6.00. The number of thiocarbonyl (C=S) groups is 1. The summed E-state index contributed by atoms with van der Waals surface area (Å²) in [6, 6.07) is 27.8. The van der Waals surface area contributed by atoms with E-state index in [1.165, 1.54) is 0 Å². The Bertz CT molecular complexity index is 1100. The fourth-order valence-electron chi connectivity index (χ4n) is 4.35. The third-order valence-electron chi connectivity index (χ3n) is 6.24. The van der Waals surface area contributed by atoms with Crippen LogP contribution in [-0.4, -0.2) is 34.0 Å². The van der Waals surface area contributed by atoms with Gasteiger partial charge in [0.05, 0.1) is 19.1 Å². The summed E-state index contributed by atoms with van der Waals surface area (Å²) in [6.07, 6.45) is 0. The van der Waals surface area contributed by atoms with Crippen molar-refractivity contribution in [3.63, 3.8) is 0 Å². The van der Waals surface area contributed by atoms with Crippen molar-refractivity contribution in [2.75, 3.05) is 18.2 Å². The second-order valence-corrected chi connectivity index (χ2v) is 10.4. The van der Waals surface area contributed by atoms with Gasteiger partial charge in [0.1, 0.15) is 10.1 Å². The van der Waals surface area contributed by atoms with Gasteiger partial charge in [-0.15, -0.1) is 0 Å². The molecule has 4 rings (SSSR count). The minimum absolute atomic E-state index is 0.0368. The van der Waals surface area contributed by atoms with Crippen molar-refractivity contribution in [2.24, 2.45) is 5.92 Å². The van der Waals surface area contributed by atoms with Gasteiger partial charge in [-0.2, -0.15) is 0 Å². The molecule has 3 aromatic carbocycles. The highest BCUT2D eigenvalue weighted by molar-refractivity contribution is 8.23. The van der Waals surface area contributed by atoms with Crippen molar-refractivity contribution < 1.29 is 9.53 Å². The van der Waals surface area contributed by atoms with Crippen LogP contribution in [0.1, 0.15) is 36.9 Å². The molecule has 1 aliphatic rings. The maximum absolute atomic E-state index is 14.3. The molecule has 1 fully saturated rings. The molecule has 1 saturated heterocycles. The lowest BCUT2D eigenvalue weighted by Crippen LogP contribution is -2.46. The molecule has 6 heteroatoms. The summed E-state index contributed by atoms with van der Waals surface area (Å²) >= 11 is 7.28. The third-order valence-corrected chi connectivity index (χ3v) is 7.74. The molecular formula is C28H30N2O2S2. The lowest BCUT2D eigenvalue weighted by molar-refractivity contribution is -0.130. The number of nitrogens with one attached hydrogen (secondary N) is 1. The SMILES string of the molecule is COc1ccc(N[C@H](c2ccccc2)[C@H](C(=O)N2C(=S)SC[C@@H]2C(C)C)c2ccccc2)cc1. The number of carbonyl (C=O) groups excluding carboxylic acids is 1. The Labute approximate surface area is 211 Å². The van der Waals surface area contributed by atoms with E-state index in [1.54, 1.807) is 18.9 Å². The molecule has 0 aliphatic carbocycles. The average molecular weight is 491 g/mol. The second-order valence-electron chi connectivity index (χ2n) is 8.75. The van der Waals surface area contributed by atoms with Crippen molar-refractivity contribution in [2.45, 2.75) is 31.8 Å². The van der Waals surface area contributed by atoms with Gasteiger partial charge in [-0.25, -0.2) is 0 Å². The number of ether oxygens (including phenoxy) is 1. The van der Waals surface area contributed by atoms with Gasteiger partial charge in [-0.05, 0) is 41.3 Å². The number of methoxy groups -OCH3 is 1. The Balaban J connectivity index is 1.80. The molecule has 0 aromatic heterocycles. The maximum Gasteiger partial charge on any atom is 0.238 e. The van der Waals surface area contributed by atoms with Crippen LogP contribution in [0.5, 0.6) is 5.75 Å². The van der Waals surface area contributed by atoms with Crippen molar-refractivity contribution in [1.82, 2.24) is 4.90 Å². The first-order chi connectivity index (χ1) is 16.5. The maximum atomic E-state index is 14.3. The molecule has 3 aromatic rings. The zero-order valence-corrected chi connectivity index (χ0v) is 21.3. The van der Waals surface area contributed by atoms with E-state index in [0.717, 1.165) is 28.3 Å². The summed E-state index contributed by atoms with van der Waals surface area (Å²) in [5.74, 6) is 1.53. The van der Waals surface area contributed by atoms with E-state index in [0.29, 0.717) is 10.2 Å². The fraction of sp³-hybridized carbons (Fsp3) is 0.286. The van der Waals surface area contributed by atoms with Crippen molar-refractivity contribution in [1.29, 1.82) is 0 Å². The highest BCUT2D eigenvalue weighted by atomic mass is 32.2. The Morgan fingerprint density at radius 1 is 0.971 bits per heavy atom. The van der Waals surface area contributed by atoms with E-state index < -0.39 is 5.92 Å². The lowest BCUT2D eigenvalue weighted by Gasteiger charge is -2.35. The van der Waals surface area contributed by atoms with Gasteiger partial charge in [-0.1, -0.05) is 98.5 Å². The van der Waals surface area contributed by atoms with Crippen molar-refractivity contribution in [3.05, 3.63) is 96.1 Å². The van der Waals surface area contributed by atoms with E-state index in [4.69, 9.17) is 17.0 Å². The van der Waals surface area contributed by atoms with Crippen LogP contribution in [0, 0.1) is 5.92 Å².